The topological polar surface area (TPSA) is 92.3 Å². The van der Waals surface area contributed by atoms with E-state index in [1.165, 1.54) is 0 Å². The van der Waals surface area contributed by atoms with Crippen molar-refractivity contribution in [2.45, 2.75) is 39.0 Å². The quantitative estimate of drug-likeness (QED) is 0.104. The molecule has 1 N–H and O–H groups in total. The first kappa shape index (κ1) is 28.7. The van der Waals surface area contributed by atoms with Crippen LogP contribution in [0.25, 0.3) is 0 Å². The Morgan fingerprint density at radius 1 is 0.879 bits per heavy atom. The number of rotatable bonds is 18. The highest BCUT2D eigenvalue weighted by atomic mass is 35.5. The monoisotopic (exact) mass is 485 g/mol. The zero-order valence-corrected chi connectivity index (χ0v) is 20.1. The average molecular weight is 486 g/mol. The maximum absolute atomic E-state index is 11.6. The molecular weight excluding hydrogens is 450 g/mol. The second-order valence-corrected chi connectivity index (χ2v) is 7.36. The van der Waals surface area contributed by atoms with Gasteiger partial charge in [0, 0.05) is 19.0 Å². The van der Waals surface area contributed by atoms with Crippen LogP contribution in [0, 0.1) is 0 Å². The Hall–Kier alpha value is -2.29. The Balaban J connectivity index is 1.91. The van der Waals surface area contributed by atoms with Crippen LogP contribution in [0.15, 0.2) is 36.4 Å². The van der Waals surface area contributed by atoms with Crippen LogP contribution in [0.2, 0.25) is 0 Å². The largest absolute Gasteiger partial charge is 0.514 e. The Morgan fingerprint density at radius 3 is 2.24 bits per heavy atom. The van der Waals surface area contributed by atoms with Crippen molar-refractivity contribution in [1.82, 2.24) is 5.32 Å². The number of carbonyl (C=O) groups is 2. The molecule has 0 bridgehead atoms. The fourth-order valence-electron chi connectivity index (χ4n) is 2.55. The first-order chi connectivity index (χ1) is 16.2. The molecule has 1 aromatic carbocycles. The molecule has 0 atom stereocenters. The van der Waals surface area contributed by atoms with Gasteiger partial charge in [-0.15, -0.1) is 11.6 Å². The van der Waals surface area contributed by atoms with Crippen molar-refractivity contribution in [3.63, 3.8) is 0 Å². The molecule has 1 aromatic rings. The van der Waals surface area contributed by atoms with Crippen molar-refractivity contribution in [3.8, 4) is 5.75 Å². The minimum absolute atomic E-state index is 0.0141. The SMILES string of the molecule is CCc1ccc(OC(=O)OC/C=C\COC(=O)NCCOCCOCCCCCCCl)cc1. The maximum Gasteiger partial charge on any atom is 0.514 e. The van der Waals surface area contributed by atoms with Gasteiger partial charge in [-0.2, -0.15) is 0 Å². The van der Waals surface area contributed by atoms with E-state index in [0.29, 0.717) is 32.1 Å². The van der Waals surface area contributed by atoms with E-state index in [4.69, 9.17) is 35.3 Å². The molecule has 186 valence electrons. The second-order valence-electron chi connectivity index (χ2n) is 6.99. The second kappa shape index (κ2) is 20.3. The van der Waals surface area contributed by atoms with Gasteiger partial charge in [-0.25, -0.2) is 9.59 Å². The molecule has 1 rings (SSSR count). The zero-order chi connectivity index (χ0) is 24.0. The van der Waals surface area contributed by atoms with Gasteiger partial charge in [0.1, 0.15) is 19.0 Å². The minimum Gasteiger partial charge on any atom is -0.445 e. The number of ether oxygens (including phenoxy) is 5. The molecule has 0 aliphatic carbocycles. The summed E-state index contributed by atoms with van der Waals surface area (Å²) in [6.07, 6.45) is 7.05. The number of hydrogen-bond donors (Lipinski definition) is 1. The summed E-state index contributed by atoms with van der Waals surface area (Å²) in [6.45, 7) is 4.58. The number of alkyl carbamates (subject to hydrolysis) is 1. The van der Waals surface area contributed by atoms with Gasteiger partial charge < -0.3 is 29.0 Å². The van der Waals surface area contributed by atoms with Gasteiger partial charge in [-0.1, -0.05) is 31.9 Å². The Morgan fingerprint density at radius 2 is 1.55 bits per heavy atom. The number of halogens is 1. The van der Waals surface area contributed by atoms with E-state index in [-0.39, 0.29) is 13.2 Å². The van der Waals surface area contributed by atoms with Gasteiger partial charge in [0.2, 0.25) is 0 Å². The van der Waals surface area contributed by atoms with Crippen molar-refractivity contribution >= 4 is 23.8 Å². The lowest BCUT2D eigenvalue weighted by Gasteiger charge is -2.07. The van der Waals surface area contributed by atoms with E-state index >= 15 is 0 Å². The molecule has 0 saturated carbocycles. The van der Waals surface area contributed by atoms with Gasteiger partial charge in [-0.3, -0.25) is 0 Å². The van der Waals surface area contributed by atoms with Crippen LogP contribution in [0.5, 0.6) is 5.75 Å². The van der Waals surface area contributed by atoms with Crippen LogP contribution in [0.1, 0.15) is 38.2 Å². The van der Waals surface area contributed by atoms with Gasteiger partial charge in [0.05, 0.1) is 19.8 Å². The Labute approximate surface area is 201 Å². The molecule has 0 aliphatic heterocycles. The van der Waals surface area contributed by atoms with Crippen molar-refractivity contribution < 1.29 is 33.3 Å². The van der Waals surface area contributed by atoms with Crippen LogP contribution >= 0.6 is 11.6 Å². The number of aryl methyl sites for hydroxylation is 1. The molecule has 0 aromatic heterocycles. The summed E-state index contributed by atoms with van der Waals surface area (Å²) < 4.78 is 25.8. The standard InChI is InChI=1S/C24H36ClNO7/c1-2-21-9-11-22(12-10-21)33-24(28)32-17-8-7-16-31-23(27)26-14-18-30-20-19-29-15-6-4-3-5-13-25/h7-12H,2-6,13-20H2,1H3,(H,26,27)/b8-7-. The van der Waals surface area contributed by atoms with Crippen molar-refractivity contribution in [1.29, 1.82) is 0 Å². The van der Waals surface area contributed by atoms with Gasteiger partial charge in [0.15, 0.2) is 0 Å². The molecule has 0 fully saturated rings. The molecule has 33 heavy (non-hydrogen) atoms. The third kappa shape index (κ3) is 16.9. The fraction of sp³-hybridized carbons (Fsp3) is 0.583. The Kier molecular flexibility index (Phi) is 17.7. The van der Waals surface area contributed by atoms with Crippen LogP contribution in [-0.4, -0.2) is 64.3 Å². The van der Waals surface area contributed by atoms with Gasteiger partial charge >= 0.3 is 12.2 Å². The summed E-state index contributed by atoms with van der Waals surface area (Å²) in [7, 11) is 0. The lowest BCUT2D eigenvalue weighted by Crippen LogP contribution is -2.28. The number of alkyl halides is 1. The first-order valence-corrected chi connectivity index (χ1v) is 11.9. The predicted octanol–water partition coefficient (Wildman–Crippen LogP) is 4.88. The number of unbranched alkanes of at least 4 members (excludes halogenated alkanes) is 3. The highest BCUT2D eigenvalue weighted by Gasteiger charge is 2.05. The highest BCUT2D eigenvalue weighted by Crippen LogP contribution is 2.13. The third-order valence-electron chi connectivity index (χ3n) is 4.37. The minimum atomic E-state index is -0.796. The van der Waals surface area contributed by atoms with Crippen LogP contribution < -0.4 is 10.1 Å². The van der Waals surface area contributed by atoms with E-state index < -0.39 is 12.2 Å². The summed E-state index contributed by atoms with van der Waals surface area (Å²) in [5.41, 5.74) is 1.15. The summed E-state index contributed by atoms with van der Waals surface area (Å²) in [5.74, 6) is 1.14. The smallest absolute Gasteiger partial charge is 0.445 e. The summed E-state index contributed by atoms with van der Waals surface area (Å²) in [5, 5.41) is 2.58. The summed E-state index contributed by atoms with van der Waals surface area (Å²) in [4.78, 5) is 23.2. The molecule has 0 unspecified atom stereocenters. The van der Waals surface area contributed by atoms with Gasteiger partial charge in [0.25, 0.3) is 0 Å². The summed E-state index contributed by atoms with van der Waals surface area (Å²) >= 11 is 5.62. The normalized spacial score (nSPS) is 10.8. The van der Waals surface area contributed by atoms with Crippen LogP contribution in [0.4, 0.5) is 9.59 Å². The molecule has 0 spiro atoms. The van der Waals surface area contributed by atoms with Crippen LogP contribution in [0.3, 0.4) is 0 Å². The highest BCUT2D eigenvalue weighted by molar-refractivity contribution is 6.17. The third-order valence-corrected chi connectivity index (χ3v) is 4.63. The number of carbonyl (C=O) groups excluding carboxylic acids is 2. The molecular formula is C24H36ClNO7. The number of amides is 1. The molecule has 0 aliphatic rings. The van der Waals surface area contributed by atoms with E-state index in [2.05, 4.69) is 5.32 Å². The fourth-order valence-corrected chi connectivity index (χ4v) is 2.73. The lowest BCUT2D eigenvalue weighted by atomic mass is 10.2. The van der Waals surface area contributed by atoms with Gasteiger partial charge in [-0.05, 0) is 49.1 Å². The van der Waals surface area contributed by atoms with Crippen molar-refractivity contribution in [2.75, 3.05) is 52.1 Å². The lowest BCUT2D eigenvalue weighted by molar-refractivity contribution is 0.0470. The zero-order valence-electron chi connectivity index (χ0n) is 19.4. The molecule has 1 amide bonds. The number of benzene rings is 1. The predicted molar refractivity (Wildman–Crippen MR) is 127 cm³/mol. The maximum atomic E-state index is 11.6. The molecule has 0 heterocycles. The molecule has 9 heteroatoms. The molecule has 0 saturated heterocycles. The molecule has 8 nitrogen and oxygen atoms in total. The number of hydrogen-bond acceptors (Lipinski definition) is 7. The first-order valence-electron chi connectivity index (χ1n) is 11.4. The molecule has 0 radical (unpaired) electrons. The van der Waals surface area contributed by atoms with E-state index in [9.17, 15) is 9.59 Å². The van der Waals surface area contributed by atoms with E-state index in [1.807, 2.05) is 19.1 Å². The summed E-state index contributed by atoms with van der Waals surface area (Å²) in [6, 6.07) is 7.21. The number of nitrogens with one attached hydrogen (secondary N) is 1. The Bertz CT molecular complexity index is 667. The van der Waals surface area contributed by atoms with Crippen molar-refractivity contribution in [3.05, 3.63) is 42.0 Å². The van der Waals surface area contributed by atoms with Crippen LogP contribution in [-0.2, 0) is 25.4 Å². The van der Waals surface area contributed by atoms with Crippen molar-refractivity contribution in [2.24, 2.45) is 0 Å². The van der Waals surface area contributed by atoms with E-state index in [0.717, 1.165) is 50.2 Å². The van der Waals surface area contributed by atoms with E-state index in [1.54, 1.807) is 24.3 Å². The average Bonchev–Trinajstić information content (AvgIpc) is 2.82.